The molecule has 3 N–H and O–H groups in total. The minimum Gasteiger partial charge on any atom is -0.435 e. The molecule has 2 aliphatic rings. The van der Waals surface area contributed by atoms with Gasteiger partial charge in [0.05, 0.1) is 67.6 Å². The molecule has 0 aliphatic carbocycles. The van der Waals surface area contributed by atoms with E-state index in [9.17, 15) is 45.5 Å². The Morgan fingerprint density at radius 1 is 0.672 bits per heavy atom. The molecule has 0 saturated carbocycles. The molecule has 22 heteroatoms. The van der Waals surface area contributed by atoms with Gasteiger partial charge in [0, 0.05) is 37.4 Å². The van der Waals surface area contributed by atoms with E-state index < -0.39 is 36.7 Å². The van der Waals surface area contributed by atoms with Crippen LogP contribution in [0, 0.1) is 25.5 Å². The third-order valence-corrected chi connectivity index (χ3v) is 9.96. The van der Waals surface area contributed by atoms with Gasteiger partial charge in [0.15, 0.2) is 0 Å². The first-order chi connectivity index (χ1) is 30.1. The number of nitrogens with zero attached hydrogens (tertiary/aromatic N) is 4. The van der Waals surface area contributed by atoms with E-state index in [1.807, 2.05) is 20.8 Å². The lowest BCUT2D eigenvalue weighted by atomic mass is 9.96. The number of benzene rings is 2. The molecule has 16 nitrogen and oxygen atoms in total. The van der Waals surface area contributed by atoms with Gasteiger partial charge in [-0.1, -0.05) is 0 Å². The third kappa shape index (κ3) is 11.3. The Morgan fingerprint density at radius 2 is 1.08 bits per heavy atom. The Labute approximate surface area is 362 Å². The van der Waals surface area contributed by atoms with Gasteiger partial charge in [-0.15, -0.1) is 0 Å². The lowest BCUT2D eigenvalue weighted by Gasteiger charge is -2.31. The number of aromatic nitrogens is 2. The van der Waals surface area contributed by atoms with Crippen molar-refractivity contribution in [3.63, 3.8) is 0 Å². The largest absolute Gasteiger partial charge is 0.435 e. The zero-order valence-corrected chi connectivity index (χ0v) is 36.0. The Hall–Kier alpha value is -6.10. The fraction of sp³-hybridized carbons (Fsp3) is 0.429. The second-order valence-electron chi connectivity index (χ2n) is 15.3. The fourth-order valence-electron chi connectivity index (χ4n) is 6.91. The Bertz CT molecular complexity index is 2490. The van der Waals surface area contributed by atoms with Gasteiger partial charge in [-0.05, 0) is 82.9 Å². The average Bonchev–Trinajstić information content (AvgIpc) is 3.22. The number of alkyl halides is 4. The molecule has 0 atom stereocenters. The molecule has 4 aromatic rings. The molecule has 0 bridgehead atoms. The molecule has 348 valence electrons. The van der Waals surface area contributed by atoms with Gasteiger partial charge >= 0.3 is 13.2 Å². The molecular formula is C42H48F6N6O10. The molecule has 2 amide bonds. The molecular weight excluding hydrogens is 862 g/mol. The average molecular weight is 911 g/mol. The van der Waals surface area contributed by atoms with Crippen LogP contribution < -0.4 is 31.2 Å². The van der Waals surface area contributed by atoms with E-state index in [0.717, 1.165) is 35.4 Å². The second-order valence-corrected chi connectivity index (χ2v) is 15.3. The number of fused-ring (bicyclic) bond motifs is 2. The summed E-state index contributed by atoms with van der Waals surface area (Å²) >= 11 is 0. The van der Waals surface area contributed by atoms with Crippen molar-refractivity contribution in [3.8, 4) is 11.5 Å². The number of carbonyl (C=O) groups is 2. The number of hydrogen-bond donors (Lipinski definition) is 3. The predicted molar refractivity (Wildman–Crippen MR) is 220 cm³/mol. The highest BCUT2D eigenvalue weighted by Crippen LogP contribution is 2.33. The summed E-state index contributed by atoms with van der Waals surface area (Å²) in [5, 5.41) is 16.7. The van der Waals surface area contributed by atoms with Crippen molar-refractivity contribution in [2.75, 3.05) is 50.2 Å². The zero-order chi connectivity index (χ0) is 47.2. The summed E-state index contributed by atoms with van der Waals surface area (Å²) in [6.45, 7) is 3.21. The summed E-state index contributed by atoms with van der Waals surface area (Å²) in [6.07, 6.45) is 0.689. The SMILES string of the molecule is Cc1c2c(c(Nc3ccc(OC(F)F)cc3F)n(C)c1=O)C(=O)N(OCCO)CC2.Cc1c2c(c(Nc3ccc(OC(F)F)cc3F)n(C)c1=O)C(=O)N(OCCOC(C)(C)C)CC2. The van der Waals surface area contributed by atoms with E-state index in [1.165, 1.54) is 34.4 Å². The van der Waals surface area contributed by atoms with Crippen LogP contribution in [0.25, 0.3) is 0 Å². The molecule has 2 aromatic carbocycles. The maximum atomic E-state index is 14.6. The van der Waals surface area contributed by atoms with Crippen LogP contribution in [0.2, 0.25) is 0 Å². The van der Waals surface area contributed by atoms with Crippen LogP contribution in [0.1, 0.15) is 63.7 Å². The highest BCUT2D eigenvalue weighted by atomic mass is 19.3. The molecule has 0 radical (unpaired) electrons. The van der Waals surface area contributed by atoms with E-state index in [0.29, 0.717) is 35.1 Å². The summed E-state index contributed by atoms with van der Waals surface area (Å²) in [5.74, 6) is -3.47. The third-order valence-electron chi connectivity index (χ3n) is 9.96. The normalized spacial score (nSPS) is 13.8. The molecule has 0 fully saturated rings. The number of nitrogens with one attached hydrogen (secondary N) is 2. The van der Waals surface area contributed by atoms with Gasteiger partial charge in [0.1, 0.15) is 34.8 Å². The first kappa shape index (κ1) is 48.9. The lowest BCUT2D eigenvalue weighted by molar-refractivity contribution is -0.148. The number of halogens is 6. The van der Waals surface area contributed by atoms with Gasteiger partial charge in [0.25, 0.3) is 22.9 Å². The maximum absolute atomic E-state index is 14.6. The van der Waals surface area contributed by atoms with Gasteiger partial charge in [-0.3, -0.25) is 38.0 Å². The minimum absolute atomic E-state index is 0.0318. The highest BCUT2D eigenvalue weighted by molar-refractivity contribution is 6.02. The van der Waals surface area contributed by atoms with Crippen molar-refractivity contribution >= 4 is 34.8 Å². The van der Waals surface area contributed by atoms with E-state index in [4.69, 9.17) is 19.5 Å². The number of hydroxylamine groups is 4. The number of aliphatic hydroxyl groups is 1. The molecule has 2 aliphatic heterocycles. The second kappa shape index (κ2) is 20.6. The Balaban J connectivity index is 0.000000243. The van der Waals surface area contributed by atoms with Crippen molar-refractivity contribution in [1.82, 2.24) is 19.3 Å². The van der Waals surface area contributed by atoms with Gasteiger partial charge in [0.2, 0.25) is 0 Å². The highest BCUT2D eigenvalue weighted by Gasteiger charge is 2.34. The molecule has 4 heterocycles. The number of anilines is 4. The van der Waals surface area contributed by atoms with Crippen LogP contribution in [0.15, 0.2) is 46.0 Å². The van der Waals surface area contributed by atoms with Crippen molar-refractivity contribution in [1.29, 1.82) is 0 Å². The molecule has 0 unspecified atom stereocenters. The van der Waals surface area contributed by atoms with Gasteiger partial charge in [-0.2, -0.15) is 17.6 Å². The molecule has 0 saturated heterocycles. The summed E-state index contributed by atoms with van der Waals surface area (Å²) in [6, 6.07) is 6.20. The van der Waals surface area contributed by atoms with Crippen LogP contribution >= 0.6 is 0 Å². The van der Waals surface area contributed by atoms with Crippen LogP contribution in [-0.2, 0) is 41.3 Å². The zero-order valence-electron chi connectivity index (χ0n) is 36.0. The Kier molecular flexibility index (Phi) is 15.7. The number of ether oxygens (including phenoxy) is 3. The molecule has 64 heavy (non-hydrogen) atoms. The number of hydrogen-bond acceptors (Lipinski definition) is 12. The molecule has 2 aromatic heterocycles. The van der Waals surface area contributed by atoms with Crippen molar-refractivity contribution in [3.05, 3.63) is 102 Å². The number of pyridine rings is 2. The quantitative estimate of drug-likeness (QED) is 0.0936. The van der Waals surface area contributed by atoms with Crippen LogP contribution in [0.3, 0.4) is 0 Å². The van der Waals surface area contributed by atoms with Crippen molar-refractivity contribution < 1.29 is 64.9 Å². The van der Waals surface area contributed by atoms with Crippen molar-refractivity contribution in [2.45, 2.75) is 66.3 Å². The first-order valence-electron chi connectivity index (χ1n) is 19.8. The monoisotopic (exact) mass is 910 g/mol. The molecule has 6 rings (SSSR count). The summed E-state index contributed by atoms with van der Waals surface area (Å²) in [4.78, 5) is 62.5. The summed E-state index contributed by atoms with van der Waals surface area (Å²) in [7, 11) is 2.87. The van der Waals surface area contributed by atoms with E-state index in [-0.39, 0.29) is 102 Å². The fourth-order valence-corrected chi connectivity index (χ4v) is 6.91. The van der Waals surface area contributed by atoms with E-state index >= 15 is 0 Å². The maximum Gasteiger partial charge on any atom is 0.387 e. The predicted octanol–water partition coefficient (Wildman–Crippen LogP) is 6.02. The van der Waals surface area contributed by atoms with Crippen LogP contribution in [-0.4, -0.2) is 94.5 Å². The van der Waals surface area contributed by atoms with Crippen LogP contribution in [0.5, 0.6) is 11.5 Å². The Morgan fingerprint density at radius 3 is 1.44 bits per heavy atom. The summed E-state index contributed by atoms with van der Waals surface area (Å²) in [5.41, 5.74) is 0.822. The minimum atomic E-state index is -3.10. The smallest absolute Gasteiger partial charge is 0.387 e. The topological polar surface area (TPSA) is 175 Å². The van der Waals surface area contributed by atoms with E-state index in [2.05, 4.69) is 20.1 Å². The lowest BCUT2D eigenvalue weighted by Crippen LogP contribution is -2.41. The number of carbonyl (C=O) groups excluding carboxylic acids is 2. The number of rotatable bonds is 15. The first-order valence-corrected chi connectivity index (χ1v) is 19.8. The number of amides is 2. The standard InChI is InChI=1S/C23H28F3N3O5.C19H20F3N3O5/c1-13-15-8-9-29(33-11-10-32-23(2,3)4)21(31)18(15)19(28(5)20(13)30)27-17-7-6-14(12-16(17)24)34-22(25)26;1-10-12-5-6-25(29-8-7-26)18(28)15(12)16(24(2)17(10)27)23-14-4-3-11(9-13(14)20)30-19(21)22/h6-7,12,22,27H,8-11H2,1-5H3;3-4,9,19,23,26H,5-8H2,1-2H3. The molecule has 0 spiro atoms. The van der Waals surface area contributed by atoms with Gasteiger partial charge < -0.3 is 30.0 Å². The summed E-state index contributed by atoms with van der Waals surface area (Å²) < 4.78 is 94.9. The van der Waals surface area contributed by atoms with Crippen molar-refractivity contribution in [2.24, 2.45) is 14.1 Å². The van der Waals surface area contributed by atoms with E-state index in [1.54, 1.807) is 13.8 Å². The van der Waals surface area contributed by atoms with Crippen LogP contribution in [0.4, 0.5) is 49.4 Å². The van der Waals surface area contributed by atoms with Gasteiger partial charge in [-0.25, -0.2) is 18.9 Å². The number of aliphatic hydroxyl groups excluding tert-OH is 1.